The van der Waals surface area contributed by atoms with Crippen LogP contribution in [-0.4, -0.2) is 111 Å². The number of allylic oxidation sites excluding steroid dienone is 1. The van der Waals surface area contributed by atoms with Crippen LogP contribution in [0.3, 0.4) is 0 Å². The van der Waals surface area contributed by atoms with Crippen molar-refractivity contribution in [2.75, 3.05) is 6.61 Å². The van der Waals surface area contributed by atoms with Gasteiger partial charge in [0, 0.05) is 43.1 Å². The Labute approximate surface area is 348 Å². The summed E-state index contributed by atoms with van der Waals surface area (Å²) in [5, 5.41) is 52.9. The van der Waals surface area contributed by atoms with E-state index in [2.05, 4.69) is 5.32 Å². The molecule has 15 nitrogen and oxygen atoms in total. The number of carbonyl (C=O) groups is 5. The fraction of sp³-hybridized carbons (Fsp3) is 0.533. The number of fused-ring (bicyclic) bond motifs is 5. The minimum absolute atomic E-state index is 0.0938. The van der Waals surface area contributed by atoms with E-state index in [0.29, 0.717) is 11.1 Å². The molecule has 3 fully saturated rings. The van der Waals surface area contributed by atoms with E-state index in [1.807, 2.05) is 0 Å². The van der Waals surface area contributed by atoms with Crippen molar-refractivity contribution in [2.24, 2.45) is 16.7 Å². The summed E-state index contributed by atoms with van der Waals surface area (Å²) in [6.07, 6.45) is -10.1. The topological polar surface area (TPSA) is 224 Å². The highest BCUT2D eigenvalue weighted by Gasteiger charge is 2.78. The Bertz CT molecular complexity index is 2070. The largest absolute Gasteiger partial charge is 0.456 e. The maximum absolute atomic E-state index is 14.3. The highest BCUT2D eigenvalue weighted by atomic mass is 16.6. The minimum atomic E-state index is -2.34. The molecular formula is C45H55NO14. The van der Waals surface area contributed by atoms with Gasteiger partial charge in [0.1, 0.15) is 30.0 Å². The summed E-state index contributed by atoms with van der Waals surface area (Å²) in [5.74, 6) is -5.68. The van der Waals surface area contributed by atoms with Crippen molar-refractivity contribution >= 4 is 29.8 Å². The molecule has 0 radical (unpaired) electrons. The number of hydrogen-bond donors (Lipinski definition) is 5. The predicted octanol–water partition coefficient (Wildman–Crippen LogP) is 3.18. The number of esters is 4. The average molecular weight is 834 g/mol. The number of benzene rings is 2. The normalized spacial score (nSPS) is 34.1. The highest BCUT2D eigenvalue weighted by Crippen LogP contribution is 2.65. The maximum atomic E-state index is 14.3. The summed E-state index contributed by atoms with van der Waals surface area (Å²) in [4.78, 5) is 67.5. The number of ether oxygens (including phenoxy) is 5. The number of aliphatic hydroxyl groups excluding tert-OH is 3. The van der Waals surface area contributed by atoms with Crippen LogP contribution in [-0.2, 0) is 42.9 Å². The van der Waals surface area contributed by atoms with Crippen LogP contribution >= 0.6 is 0 Å². The van der Waals surface area contributed by atoms with Crippen LogP contribution in [0.4, 0.5) is 0 Å². The van der Waals surface area contributed by atoms with Crippen LogP contribution in [0.2, 0.25) is 0 Å². The molecule has 2 aromatic carbocycles. The number of hydrogen-bond acceptors (Lipinski definition) is 14. The lowest BCUT2D eigenvalue weighted by Crippen LogP contribution is -2.82. The molecular weight excluding hydrogens is 778 g/mol. The molecule has 1 amide bonds. The Hall–Kier alpha value is -4.93. The van der Waals surface area contributed by atoms with Crippen LogP contribution in [0.5, 0.6) is 0 Å². The predicted molar refractivity (Wildman–Crippen MR) is 212 cm³/mol. The van der Waals surface area contributed by atoms with Gasteiger partial charge in [-0.1, -0.05) is 75.4 Å². The zero-order valence-electron chi connectivity index (χ0n) is 35.0. The molecule has 60 heavy (non-hydrogen) atoms. The molecule has 15 heteroatoms. The van der Waals surface area contributed by atoms with E-state index in [4.69, 9.17) is 23.7 Å². The van der Waals surface area contributed by atoms with Gasteiger partial charge >= 0.3 is 23.9 Å². The van der Waals surface area contributed by atoms with Crippen LogP contribution < -0.4 is 5.32 Å². The lowest BCUT2D eigenvalue weighted by molar-refractivity contribution is -0.365. The van der Waals surface area contributed by atoms with Gasteiger partial charge < -0.3 is 49.4 Å². The molecule has 1 unspecified atom stereocenters. The van der Waals surface area contributed by atoms with Crippen LogP contribution in [0.15, 0.2) is 83.5 Å². The summed E-state index contributed by atoms with van der Waals surface area (Å²) in [7, 11) is 0. The second-order valence-corrected chi connectivity index (χ2v) is 17.2. The number of carbonyl (C=O) groups excluding carboxylic acids is 5. The summed E-state index contributed by atoms with van der Waals surface area (Å²) in [5.41, 5.74) is -6.35. The van der Waals surface area contributed by atoms with Gasteiger partial charge in [0.15, 0.2) is 17.8 Å². The maximum Gasteiger partial charge on any atom is 0.338 e. The van der Waals surface area contributed by atoms with Crippen molar-refractivity contribution in [2.45, 2.75) is 128 Å². The molecule has 1 saturated heterocycles. The first-order valence-electron chi connectivity index (χ1n) is 20.1. The van der Waals surface area contributed by atoms with E-state index in [1.54, 1.807) is 89.2 Å². The minimum Gasteiger partial charge on any atom is -0.456 e. The molecule has 1 aliphatic heterocycles. The average Bonchev–Trinajstić information content (AvgIpc) is 3.20. The molecule has 324 valence electrons. The smallest absolute Gasteiger partial charge is 0.338 e. The zero-order valence-corrected chi connectivity index (χ0v) is 35.0. The number of amides is 1. The van der Waals surface area contributed by atoms with E-state index in [-0.39, 0.29) is 29.7 Å². The highest BCUT2D eigenvalue weighted by molar-refractivity contribution is 5.93. The van der Waals surface area contributed by atoms with E-state index in [9.17, 15) is 44.4 Å². The van der Waals surface area contributed by atoms with Crippen molar-refractivity contribution in [1.29, 1.82) is 0 Å². The van der Waals surface area contributed by atoms with Gasteiger partial charge in [0.05, 0.1) is 30.2 Å². The van der Waals surface area contributed by atoms with Gasteiger partial charge in [0.2, 0.25) is 5.91 Å². The van der Waals surface area contributed by atoms with E-state index < -0.39 is 113 Å². The van der Waals surface area contributed by atoms with Crippen molar-refractivity contribution in [3.63, 3.8) is 0 Å². The molecule has 2 aromatic rings. The standard InChI is InChI=1S/C45H55NO14/c1-9-23(2)39(52)46-33(27-16-12-10-13-17-27)34(50)41(54)58-29-21-45(55)38(59-40(53)28-18-14-11-15-19-28)36-43(8,30(49)20-31-44(36,22-56-31)60-26(5)48)37(51)35(57-25(4)47)32(24(29)3)42(45,6)7/h9-19,29-31,33-38,49-51,55H,20-22H2,1-8H3,(H,46,52)/b23-9+/t29-,30-,31+,33-,34+,35+,36-,37?,38-,43+,44-,45+/m0/s1. The summed E-state index contributed by atoms with van der Waals surface area (Å²) in [6, 6.07) is 14.9. The first-order chi connectivity index (χ1) is 28.1. The lowest BCUT2D eigenvalue weighted by Gasteiger charge is -2.69. The summed E-state index contributed by atoms with van der Waals surface area (Å²) in [6.45, 7) is 11.5. The van der Waals surface area contributed by atoms with Crippen LogP contribution in [0.1, 0.15) is 90.2 Å². The van der Waals surface area contributed by atoms with Crippen molar-refractivity contribution in [3.05, 3.63) is 94.6 Å². The van der Waals surface area contributed by atoms with Crippen LogP contribution in [0, 0.1) is 16.7 Å². The number of rotatable bonds is 10. The third-order valence-electron chi connectivity index (χ3n) is 13.5. The van der Waals surface area contributed by atoms with Crippen molar-refractivity contribution in [1.82, 2.24) is 5.32 Å². The molecule has 4 aliphatic rings. The Morgan fingerprint density at radius 3 is 2.07 bits per heavy atom. The molecule has 12 atom stereocenters. The second kappa shape index (κ2) is 16.5. The van der Waals surface area contributed by atoms with Crippen LogP contribution in [0.25, 0.3) is 0 Å². The molecule has 0 spiro atoms. The molecule has 6 rings (SSSR count). The van der Waals surface area contributed by atoms with E-state index >= 15 is 0 Å². The Morgan fingerprint density at radius 1 is 0.900 bits per heavy atom. The van der Waals surface area contributed by atoms with Gasteiger partial charge in [-0.15, -0.1) is 0 Å². The zero-order chi connectivity index (χ0) is 44.1. The third-order valence-corrected chi connectivity index (χ3v) is 13.5. The second-order valence-electron chi connectivity index (χ2n) is 17.2. The Morgan fingerprint density at radius 2 is 1.52 bits per heavy atom. The molecule has 0 aromatic heterocycles. The van der Waals surface area contributed by atoms with Gasteiger partial charge in [-0.3, -0.25) is 14.4 Å². The van der Waals surface area contributed by atoms with E-state index in [0.717, 1.165) is 6.92 Å². The lowest BCUT2D eigenvalue weighted by atomic mass is 9.44. The molecule has 5 N–H and O–H groups in total. The quantitative estimate of drug-likeness (QED) is 0.100. The van der Waals surface area contributed by atoms with E-state index in [1.165, 1.54) is 26.0 Å². The van der Waals surface area contributed by atoms with Crippen molar-refractivity contribution < 1.29 is 68.1 Å². The summed E-state index contributed by atoms with van der Waals surface area (Å²) >= 11 is 0. The fourth-order valence-electron chi connectivity index (χ4n) is 10.00. The Balaban J connectivity index is 1.55. The van der Waals surface area contributed by atoms with Gasteiger partial charge in [-0.2, -0.15) is 0 Å². The number of nitrogens with one attached hydrogen (secondary N) is 1. The SMILES string of the molecule is C/C=C(\C)C(=O)N[C@@H](c1ccccc1)[C@@H](O)C(=O)O[C@H]1C[C@@]2(O)[C@@H](OC(=O)c3ccccc3)[C@@H]3[C@]4(OC(C)=O)CO[C@@H]4C[C@H](O)[C@@]3(C)C(O)[C@H](OC(C)=O)C(=C1C)C2(C)C. The number of aliphatic hydroxyl groups is 4. The van der Waals surface area contributed by atoms with Crippen molar-refractivity contribution in [3.8, 4) is 0 Å². The summed E-state index contributed by atoms with van der Waals surface area (Å²) < 4.78 is 30.4. The molecule has 2 bridgehead atoms. The van der Waals surface area contributed by atoms with Gasteiger partial charge in [0.25, 0.3) is 0 Å². The molecule has 3 aliphatic carbocycles. The van der Waals surface area contributed by atoms with Gasteiger partial charge in [-0.25, -0.2) is 9.59 Å². The Kier molecular flexibility index (Phi) is 12.3. The monoisotopic (exact) mass is 833 g/mol. The van der Waals surface area contributed by atoms with Gasteiger partial charge in [-0.05, 0) is 49.6 Å². The first kappa shape index (κ1) is 44.6. The fourth-order valence-corrected chi connectivity index (χ4v) is 10.00. The molecule has 1 heterocycles. The first-order valence-corrected chi connectivity index (χ1v) is 20.1. The molecule has 2 saturated carbocycles. The third kappa shape index (κ3) is 7.33.